The summed E-state index contributed by atoms with van der Waals surface area (Å²) in [5.41, 5.74) is 1.94. The van der Waals surface area contributed by atoms with Crippen LogP contribution in [-0.2, 0) is 16.1 Å². The molecule has 7 heteroatoms. The first-order valence-electron chi connectivity index (χ1n) is 8.70. The van der Waals surface area contributed by atoms with Crippen molar-refractivity contribution in [3.63, 3.8) is 0 Å². The molecule has 1 aromatic heterocycles. The Labute approximate surface area is 145 Å². The SMILES string of the molecule is COC(=O)c1ccc2nc(COC3CN(C4CCC4)CC3F)[nH]c2c1. The number of hydrogen-bond donors (Lipinski definition) is 1. The molecule has 2 heterocycles. The van der Waals surface area contributed by atoms with Crippen molar-refractivity contribution in [3.8, 4) is 0 Å². The van der Waals surface area contributed by atoms with Crippen LogP contribution in [0.25, 0.3) is 11.0 Å². The average Bonchev–Trinajstić information content (AvgIpc) is 3.12. The molecule has 4 rings (SSSR count). The topological polar surface area (TPSA) is 67.5 Å². The lowest BCUT2D eigenvalue weighted by Crippen LogP contribution is -2.39. The number of benzene rings is 1. The molecule has 1 saturated carbocycles. The molecular weight excluding hydrogens is 325 g/mol. The first-order chi connectivity index (χ1) is 12.1. The van der Waals surface area contributed by atoms with E-state index in [1.165, 1.54) is 26.4 Å². The number of esters is 1. The van der Waals surface area contributed by atoms with E-state index in [4.69, 9.17) is 9.47 Å². The van der Waals surface area contributed by atoms with E-state index in [-0.39, 0.29) is 6.61 Å². The normalized spacial score (nSPS) is 24.6. The van der Waals surface area contributed by atoms with Gasteiger partial charge in [-0.1, -0.05) is 6.42 Å². The molecule has 0 spiro atoms. The maximum Gasteiger partial charge on any atom is 0.337 e. The number of nitrogens with one attached hydrogen (secondary N) is 1. The molecule has 0 bridgehead atoms. The Balaban J connectivity index is 1.40. The molecule has 2 unspecified atom stereocenters. The summed E-state index contributed by atoms with van der Waals surface area (Å²) in [6.07, 6.45) is 2.24. The number of halogens is 1. The highest BCUT2D eigenvalue weighted by molar-refractivity contribution is 5.93. The van der Waals surface area contributed by atoms with Gasteiger partial charge in [0.15, 0.2) is 0 Å². The van der Waals surface area contributed by atoms with Gasteiger partial charge < -0.3 is 14.5 Å². The Morgan fingerprint density at radius 1 is 1.40 bits per heavy atom. The van der Waals surface area contributed by atoms with Crippen LogP contribution in [0, 0.1) is 0 Å². The number of carbonyl (C=O) groups excluding carboxylic acids is 1. The first kappa shape index (κ1) is 16.5. The molecule has 1 aliphatic carbocycles. The molecule has 0 radical (unpaired) electrons. The van der Waals surface area contributed by atoms with Gasteiger partial charge in [0, 0.05) is 19.1 Å². The number of carbonyl (C=O) groups is 1. The molecule has 2 atom stereocenters. The lowest BCUT2D eigenvalue weighted by molar-refractivity contribution is 0.00648. The Kier molecular flexibility index (Phi) is 4.43. The number of hydrogen-bond acceptors (Lipinski definition) is 5. The average molecular weight is 347 g/mol. The maximum absolute atomic E-state index is 14.2. The zero-order valence-corrected chi connectivity index (χ0v) is 14.2. The molecule has 134 valence electrons. The van der Waals surface area contributed by atoms with Crippen LogP contribution in [0.4, 0.5) is 4.39 Å². The Bertz CT molecular complexity index is 774. The number of H-pyrrole nitrogens is 1. The molecule has 2 fully saturated rings. The van der Waals surface area contributed by atoms with E-state index in [0.29, 0.717) is 30.5 Å². The van der Waals surface area contributed by atoms with Crippen molar-refractivity contribution in [1.29, 1.82) is 0 Å². The van der Waals surface area contributed by atoms with Crippen molar-refractivity contribution in [2.75, 3.05) is 20.2 Å². The van der Waals surface area contributed by atoms with Gasteiger partial charge in [-0.15, -0.1) is 0 Å². The van der Waals surface area contributed by atoms with Gasteiger partial charge in [-0.25, -0.2) is 14.2 Å². The van der Waals surface area contributed by atoms with E-state index in [0.717, 1.165) is 11.0 Å². The van der Waals surface area contributed by atoms with Gasteiger partial charge in [0.2, 0.25) is 0 Å². The lowest BCUT2D eigenvalue weighted by Gasteiger charge is -2.34. The van der Waals surface area contributed by atoms with Gasteiger partial charge in [0.25, 0.3) is 0 Å². The van der Waals surface area contributed by atoms with E-state index in [2.05, 4.69) is 14.9 Å². The fourth-order valence-corrected chi connectivity index (χ4v) is 3.53. The van der Waals surface area contributed by atoms with Crippen molar-refractivity contribution >= 4 is 17.0 Å². The molecule has 1 N–H and O–H groups in total. The summed E-state index contributed by atoms with van der Waals surface area (Å²) < 4.78 is 24.7. The smallest absolute Gasteiger partial charge is 0.337 e. The number of fused-ring (bicyclic) bond motifs is 1. The number of methoxy groups -OCH3 is 1. The van der Waals surface area contributed by atoms with E-state index < -0.39 is 18.2 Å². The second kappa shape index (κ2) is 6.72. The fourth-order valence-electron chi connectivity index (χ4n) is 3.53. The molecule has 6 nitrogen and oxygen atoms in total. The summed E-state index contributed by atoms with van der Waals surface area (Å²) >= 11 is 0. The second-order valence-corrected chi connectivity index (χ2v) is 6.81. The molecule has 1 aliphatic heterocycles. The second-order valence-electron chi connectivity index (χ2n) is 6.81. The number of likely N-dealkylation sites (tertiary alicyclic amines) is 1. The van der Waals surface area contributed by atoms with Crippen LogP contribution in [-0.4, -0.2) is 59.4 Å². The number of aromatic nitrogens is 2. The first-order valence-corrected chi connectivity index (χ1v) is 8.70. The zero-order valence-electron chi connectivity index (χ0n) is 14.2. The summed E-state index contributed by atoms with van der Waals surface area (Å²) in [5, 5.41) is 0. The van der Waals surface area contributed by atoms with Gasteiger partial charge >= 0.3 is 5.97 Å². The van der Waals surface area contributed by atoms with E-state index in [9.17, 15) is 9.18 Å². The molecule has 25 heavy (non-hydrogen) atoms. The van der Waals surface area contributed by atoms with E-state index in [1.54, 1.807) is 18.2 Å². The van der Waals surface area contributed by atoms with Crippen LogP contribution in [0.15, 0.2) is 18.2 Å². The van der Waals surface area contributed by atoms with Gasteiger partial charge in [-0.2, -0.15) is 0 Å². The monoisotopic (exact) mass is 347 g/mol. The minimum Gasteiger partial charge on any atom is -0.465 e. The molecule has 0 amide bonds. The Morgan fingerprint density at radius 2 is 2.24 bits per heavy atom. The number of imidazole rings is 1. The fraction of sp³-hybridized carbons (Fsp3) is 0.556. The predicted octanol–water partition coefficient (Wildman–Crippen LogP) is 2.44. The Hall–Kier alpha value is -1.99. The van der Waals surface area contributed by atoms with Crippen LogP contribution in [0.3, 0.4) is 0 Å². The minimum atomic E-state index is -0.948. The Morgan fingerprint density at radius 3 is 2.96 bits per heavy atom. The number of aromatic amines is 1. The van der Waals surface area contributed by atoms with E-state index in [1.807, 2.05) is 0 Å². The van der Waals surface area contributed by atoms with Gasteiger partial charge in [-0.3, -0.25) is 4.90 Å². The number of rotatable bonds is 5. The van der Waals surface area contributed by atoms with E-state index >= 15 is 0 Å². The third kappa shape index (κ3) is 3.26. The molecule has 1 aromatic carbocycles. The molecular formula is C18H22FN3O3. The highest BCUT2D eigenvalue weighted by atomic mass is 19.1. The molecule has 1 saturated heterocycles. The van der Waals surface area contributed by atoms with Crippen molar-refractivity contribution in [1.82, 2.24) is 14.9 Å². The third-order valence-corrected chi connectivity index (χ3v) is 5.20. The molecule has 2 aromatic rings. The summed E-state index contributed by atoms with van der Waals surface area (Å²) in [6, 6.07) is 5.66. The van der Waals surface area contributed by atoms with Crippen LogP contribution >= 0.6 is 0 Å². The maximum atomic E-state index is 14.2. The number of nitrogens with zero attached hydrogens (tertiary/aromatic N) is 2. The number of ether oxygens (including phenoxy) is 2. The molecule has 2 aliphatic rings. The highest BCUT2D eigenvalue weighted by Crippen LogP contribution is 2.30. The highest BCUT2D eigenvalue weighted by Gasteiger charge is 2.38. The van der Waals surface area contributed by atoms with Crippen LogP contribution < -0.4 is 0 Å². The standard InChI is InChI=1S/C18H22FN3O3/c1-24-18(23)11-5-6-14-15(7-11)21-17(20-14)10-25-16-9-22(8-13(16)19)12-3-2-4-12/h5-7,12-13,16H,2-4,8-10H2,1H3,(H,20,21). The van der Waals surface area contributed by atoms with Crippen molar-refractivity contribution < 1.29 is 18.7 Å². The summed E-state index contributed by atoms with van der Waals surface area (Å²) in [4.78, 5) is 21.4. The summed E-state index contributed by atoms with van der Waals surface area (Å²) in [5.74, 6) is 0.239. The van der Waals surface area contributed by atoms with Crippen molar-refractivity contribution in [3.05, 3.63) is 29.6 Å². The van der Waals surface area contributed by atoms with Crippen LogP contribution in [0.2, 0.25) is 0 Å². The lowest BCUT2D eigenvalue weighted by atomic mass is 9.92. The largest absolute Gasteiger partial charge is 0.465 e. The minimum absolute atomic E-state index is 0.228. The quantitative estimate of drug-likeness (QED) is 0.842. The van der Waals surface area contributed by atoms with Crippen LogP contribution in [0.5, 0.6) is 0 Å². The van der Waals surface area contributed by atoms with Gasteiger partial charge in [-0.05, 0) is 31.0 Å². The van der Waals surface area contributed by atoms with Crippen molar-refractivity contribution in [2.24, 2.45) is 0 Å². The van der Waals surface area contributed by atoms with Crippen molar-refractivity contribution in [2.45, 2.75) is 44.2 Å². The van der Waals surface area contributed by atoms with Gasteiger partial charge in [0.1, 0.15) is 24.7 Å². The predicted molar refractivity (Wildman–Crippen MR) is 90.1 cm³/mol. The van der Waals surface area contributed by atoms with Crippen LogP contribution in [0.1, 0.15) is 35.4 Å². The zero-order chi connectivity index (χ0) is 17.4. The summed E-state index contributed by atoms with van der Waals surface area (Å²) in [6.45, 7) is 1.35. The third-order valence-electron chi connectivity index (χ3n) is 5.20. The summed E-state index contributed by atoms with van der Waals surface area (Å²) in [7, 11) is 1.35. The van der Waals surface area contributed by atoms with Gasteiger partial charge in [0.05, 0.1) is 23.7 Å². The number of alkyl halides is 1.